The number of anilines is 1. The molecule has 2 N–H and O–H groups in total. The maximum Gasteiger partial charge on any atom is 0.401 e. The average Bonchev–Trinajstić information content (AvgIpc) is 2.99. The zero-order valence-electron chi connectivity index (χ0n) is 24.0. The second kappa shape index (κ2) is 14.1. The van der Waals surface area contributed by atoms with Crippen LogP contribution in [0.4, 0.5) is 19.0 Å². The topological polar surface area (TPSA) is 109 Å². The molecule has 228 valence electrons. The zero-order valence-corrected chi connectivity index (χ0v) is 25.0. The Labute approximate surface area is 255 Å². The molecule has 9 nitrogen and oxygen atoms in total. The fraction of sp³-hybridized carbons (Fsp3) is 0.400. The lowest BCUT2D eigenvalue weighted by Crippen LogP contribution is -2.40. The molecule has 1 saturated heterocycles. The lowest BCUT2D eigenvalue weighted by molar-refractivity contribution is -0.148. The van der Waals surface area contributed by atoms with Crippen LogP contribution in [-0.2, 0) is 6.42 Å². The average molecular weight is 613 g/mol. The normalized spacial score (nSPS) is 15.1. The largest absolute Gasteiger partial charge is 0.401 e. The lowest BCUT2D eigenvalue weighted by Gasteiger charge is -2.32. The van der Waals surface area contributed by atoms with Gasteiger partial charge in [0.15, 0.2) is 0 Å². The number of hydrogen-bond acceptors (Lipinski definition) is 8. The first-order valence-corrected chi connectivity index (χ1v) is 14.0. The molecule has 5 rings (SSSR count). The van der Waals surface area contributed by atoms with Gasteiger partial charge >= 0.3 is 6.18 Å². The summed E-state index contributed by atoms with van der Waals surface area (Å²) in [4.78, 5) is 36.1. The van der Waals surface area contributed by atoms with Crippen molar-refractivity contribution in [3.63, 3.8) is 0 Å². The molecule has 0 spiro atoms. The predicted molar refractivity (Wildman–Crippen MR) is 164 cm³/mol. The van der Waals surface area contributed by atoms with Gasteiger partial charge in [-0.3, -0.25) is 14.7 Å². The van der Waals surface area contributed by atoms with Gasteiger partial charge in [0.25, 0.3) is 5.91 Å². The van der Waals surface area contributed by atoms with Gasteiger partial charge in [0, 0.05) is 61.5 Å². The summed E-state index contributed by atoms with van der Waals surface area (Å²) in [5.74, 6) is 1.52. The molecular weight excluding hydrogens is 577 g/mol. The third-order valence-electron chi connectivity index (χ3n) is 7.64. The number of benzene rings is 1. The summed E-state index contributed by atoms with van der Waals surface area (Å²) in [6.45, 7) is 2.70. The standard InChI is InChI=1S/C30H33F3N8O.H2S/c1-19(22-4-3-5-23-24(29(42)34-2)6-9-35-28(22)23)14-36-27-13-25(39-18-40-27)21-15-37-26(38-16-21)12-20-7-10-41(11-8-20)17-30(31,32)33;/h3-6,9,13,15-16,18-20H,7-8,10-12,14,17H2,1-2H3,(H,34,42)(H,36,39,40);1H2/t19-;/m1./s1. The zero-order chi connectivity index (χ0) is 29.7. The number of rotatable bonds is 9. The maximum absolute atomic E-state index is 12.6. The summed E-state index contributed by atoms with van der Waals surface area (Å²) in [7, 11) is 1.61. The molecule has 1 amide bonds. The van der Waals surface area contributed by atoms with Crippen molar-refractivity contribution >= 4 is 36.1 Å². The van der Waals surface area contributed by atoms with E-state index >= 15 is 0 Å². The summed E-state index contributed by atoms with van der Waals surface area (Å²) < 4.78 is 37.9. The number of halogens is 3. The molecular formula is C30H35F3N8OS. The molecule has 0 unspecified atom stereocenters. The molecule has 4 heterocycles. The fourth-order valence-corrected chi connectivity index (χ4v) is 5.36. The van der Waals surface area contributed by atoms with Crippen LogP contribution in [-0.4, -0.2) is 75.1 Å². The number of nitrogens with one attached hydrogen (secondary N) is 2. The molecule has 1 fully saturated rings. The van der Waals surface area contributed by atoms with E-state index in [2.05, 4.69) is 42.5 Å². The summed E-state index contributed by atoms with van der Waals surface area (Å²) >= 11 is 0. The Bertz CT molecular complexity index is 1530. The van der Waals surface area contributed by atoms with E-state index in [0.29, 0.717) is 61.8 Å². The first-order valence-electron chi connectivity index (χ1n) is 14.0. The Morgan fingerprint density at radius 1 is 1.07 bits per heavy atom. The van der Waals surface area contributed by atoms with Gasteiger partial charge in [0.1, 0.15) is 18.0 Å². The summed E-state index contributed by atoms with van der Waals surface area (Å²) in [6, 6.07) is 9.42. The van der Waals surface area contributed by atoms with Crippen LogP contribution in [0.2, 0.25) is 0 Å². The van der Waals surface area contributed by atoms with Crippen molar-refractivity contribution in [2.24, 2.45) is 5.92 Å². The van der Waals surface area contributed by atoms with Gasteiger partial charge in [-0.15, -0.1) is 0 Å². The molecule has 43 heavy (non-hydrogen) atoms. The third-order valence-corrected chi connectivity index (χ3v) is 7.64. The second-order valence-electron chi connectivity index (χ2n) is 10.7. The molecule has 0 saturated carbocycles. The number of aromatic nitrogens is 5. The Morgan fingerprint density at radius 2 is 1.81 bits per heavy atom. The van der Waals surface area contributed by atoms with Gasteiger partial charge in [-0.2, -0.15) is 26.7 Å². The van der Waals surface area contributed by atoms with Crippen molar-refractivity contribution in [2.75, 3.05) is 38.5 Å². The maximum atomic E-state index is 12.6. The van der Waals surface area contributed by atoms with Gasteiger partial charge in [-0.25, -0.2) is 19.9 Å². The first kappa shape index (κ1) is 32.1. The van der Waals surface area contributed by atoms with Crippen molar-refractivity contribution in [3.8, 4) is 11.3 Å². The molecule has 1 aliphatic heterocycles. The number of carbonyl (C=O) groups is 1. The number of piperidine rings is 1. The molecule has 1 aromatic carbocycles. The van der Waals surface area contributed by atoms with E-state index in [1.54, 1.807) is 31.7 Å². The highest BCUT2D eigenvalue weighted by Crippen LogP contribution is 2.28. The van der Waals surface area contributed by atoms with E-state index in [1.807, 2.05) is 24.3 Å². The number of fused-ring (bicyclic) bond motifs is 1. The monoisotopic (exact) mass is 612 g/mol. The van der Waals surface area contributed by atoms with Crippen molar-refractivity contribution in [3.05, 3.63) is 72.2 Å². The van der Waals surface area contributed by atoms with E-state index < -0.39 is 12.7 Å². The number of pyridine rings is 1. The van der Waals surface area contributed by atoms with Crippen LogP contribution in [0.15, 0.2) is 55.2 Å². The molecule has 0 radical (unpaired) electrons. The molecule has 1 aliphatic rings. The number of para-hydroxylation sites is 1. The number of likely N-dealkylation sites (tertiary alicyclic amines) is 1. The highest BCUT2D eigenvalue weighted by Gasteiger charge is 2.32. The number of hydrogen-bond donors (Lipinski definition) is 2. The van der Waals surface area contributed by atoms with Crippen molar-refractivity contribution in [1.29, 1.82) is 0 Å². The Morgan fingerprint density at radius 3 is 2.51 bits per heavy atom. The van der Waals surface area contributed by atoms with Crippen LogP contribution < -0.4 is 10.6 Å². The second-order valence-corrected chi connectivity index (χ2v) is 10.7. The molecule has 4 aromatic rings. The van der Waals surface area contributed by atoms with E-state index in [0.717, 1.165) is 22.0 Å². The number of nitrogens with zero attached hydrogens (tertiary/aromatic N) is 6. The number of amides is 1. The van der Waals surface area contributed by atoms with Crippen LogP contribution >= 0.6 is 13.5 Å². The molecule has 13 heteroatoms. The van der Waals surface area contributed by atoms with Gasteiger partial charge < -0.3 is 10.6 Å². The van der Waals surface area contributed by atoms with E-state index in [1.165, 1.54) is 11.2 Å². The summed E-state index contributed by atoms with van der Waals surface area (Å²) in [6.07, 6.45) is 4.47. The van der Waals surface area contributed by atoms with Crippen molar-refractivity contribution < 1.29 is 18.0 Å². The van der Waals surface area contributed by atoms with E-state index in [9.17, 15) is 18.0 Å². The summed E-state index contributed by atoms with van der Waals surface area (Å²) in [5, 5.41) is 6.86. The van der Waals surface area contributed by atoms with Gasteiger partial charge in [-0.1, -0.05) is 25.1 Å². The minimum absolute atomic E-state index is 0. The predicted octanol–water partition coefficient (Wildman–Crippen LogP) is 4.99. The Kier molecular flexibility index (Phi) is 10.5. The van der Waals surface area contributed by atoms with Gasteiger partial charge in [0.05, 0.1) is 23.3 Å². The van der Waals surface area contributed by atoms with Crippen LogP contribution in [0, 0.1) is 5.92 Å². The Hall–Kier alpha value is -3.84. The minimum atomic E-state index is -4.16. The molecule has 0 aliphatic carbocycles. The van der Waals surface area contributed by atoms with Crippen LogP contribution in [0.3, 0.4) is 0 Å². The molecule has 3 aromatic heterocycles. The third kappa shape index (κ3) is 8.17. The number of carbonyl (C=O) groups excluding carboxylic acids is 1. The highest BCUT2D eigenvalue weighted by molar-refractivity contribution is 7.59. The first-order chi connectivity index (χ1) is 20.2. The van der Waals surface area contributed by atoms with Crippen molar-refractivity contribution in [1.82, 2.24) is 35.1 Å². The molecule has 0 bridgehead atoms. The van der Waals surface area contributed by atoms with Gasteiger partial charge in [-0.05, 0) is 43.5 Å². The highest BCUT2D eigenvalue weighted by atomic mass is 32.1. The lowest BCUT2D eigenvalue weighted by atomic mass is 9.93. The smallest absolute Gasteiger partial charge is 0.369 e. The molecule has 1 atom stereocenters. The van der Waals surface area contributed by atoms with Crippen LogP contribution in [0.5, 0.6) is 0 Å². The quantitative estimate of drug-likeness (QED) is 0.272. The van der Waals surface area contributed by atoms with E-state index in [-0.39, 0.29) is 31.2 Å². The van der Waals surface area contributed by atoms with Crippen LogP contribution in [0.1, 0.15) is 47.4 Å². The number of alkyl halides is 3. The van der Waals surface area contributed by atoms with E-state index in [4.69, 9.17) is 0 Å². The minimum Gasteiger partial charge on any atom is -0.369 e. The summed E-state index contributed by atoms with van der Waals surface area (Å²) in [5.41, 5.74) is 3.83. The van der Waals surface area contributed by atoms with Crippen molar-refractivity contribution in [2.45, 2.75) is 38.3 Å². The van der Waals surface area contributed by atoms with Crippen LogP contribution in [0.25, 0.3) is 22.2 Å². The Balaban J connectivity index is 0.00000423. The fourth-order valence-electron chi connectivity index (χ4n) is 5.36. The SMILES string of the molecule is CNC(=O)c1ccnc2c([C@H](C)CNc3cc(-c4cnc(CC5CCN(CC(F)(F)F)CC5)nc4)ncn3)cccc12.S. The van der Waals surface area contributed by atoms with Gasteiger partial charge in [0.2, 0.25) is 0 Å².